The lowest BCUT2D eigenvalue weighted by atomic mass is 10.1. The molecule has 0 aliphatic carbocycles. The molecule has 1 amide bonds. The number of benzene rings is 1. The highest BCUT2D eigenvalue weighted by Crippen LogP contribution is 2.19. The van der Waals surface area contributed by atoms with E-state index in [9.17, 15) is 9.59 Å². The smallest absolute Gasteiger partial charge is 0.276 e. The molecule has 0 aliphatic heterocycles. The van der Waals surface area contributed by atoms with Crippen molar-refractivity contribution in [3.8, 4) is 5.13 Å². The van der Waals surface area contributed by atoms with Gasteiger partial charge in [-0.15, -0.1) is 0 Å². The first-order valence-electron chi connectivity index (χ1n) is 8.51. The second-order valence-corrected chi connectivity index (χ2v) is 7.44. The van der Waals surface area contributed by atoms with Crippen LogP contribution in [0.1, 0.15) is 33.8 Å². The van der Waals surface area contributed by atoms with Crippen LogP contribution in [0.25, 0.3) is 5.13 Å². The van der Waals surface area contributed by atoms with Crippen LogP contribution in [0.5, 0.6) is 0 Å². The van der Waals surface area contributed by atoms with Crippen LogP contribution in [0.4, 0.5) is 0 Å². The van der Waals surface area contributed by atoms with Crippen molar-refractivity contribution in [3.05, 3.63) is 68.1 Å². The van der Waals surface area contributed by atoms with Crippen LogP contribution in [0.3, 0.4) is 0 Å². The van der Waals surface area contributed by atoms with Crippen LogP contribution in [0.2, 0.25) is 0 Å². The van der Waals surface area contributed by atoms with Crippen molar-refractivity contribution in [1.82, 2.24) is 20.1 Å². The maximum atomic E-state index is 12.7. The molecule has 0 atom stereocenters. The fourth-order valence-electron chi connectivity index (χ4n) is 2.69. The maximum absolute atomic E-state index is 12.7. The number of carbonyl (C=O) groups is 1. The zero-order valence-corrected chi connectivity index (χ0v) is 15.9. The Hall–Kier alpha value is -2.67. The first-order chi connectivity index (χ1) is 12.5. The van der Waals surface area contributed by atoms with Crippen LogP contribution >= 0.6 is 11.3 Å². The SMILES string of the molecule is Cc1nc(-n2[nH]c(C)c(CCC(=O)NCc3ccccc3)c2=O)sc1C. The number of nitrogens with zero attached hydrogens (tertiary/aromatic N) is 2. The van der Waals surface area contributed by atoms with E-state index in [0.29, 0.717) is 23.7 Å². The lowest BCUT2D eigenvalue weighted by Gasteiger charge is -2.04. The van der Waals surface area contributed by atoms with E-state index in [1.165, 1.54) is 16.0 Å². The highest BCUT2D eigenvalue weighted by Gasteiger charge is 2.16. The number of nitrogens with one attached hydrogen (secondary N) is 2. The van der Waals surface area contributed by atoms with Crippen LogP contribution < -0.4 is 10.9 Å². The van der Waals surface area contributed by atoms with E-state index in [1.807, 2.05) is 51.1 Å². The van der Waals surface area contributed by atoms with Crippen molar-refractivity contribution in [2.45, 2.75) is 40.2 Å². The summed E-state index contributed by atoms with van der Waals surface area (Å²) in [4.78, 5) is 30.3. The molecule has 1 aromatic carbocycles. The van der Waals surface area contributed by atoms with Gasteiger partial charge >= 0.3 is 0 Å². The molecule has 7 heteroatoms. The Kier molecular flexibility index (Phi) is 5.37. The summed E-state index contributed by atoms with van der Waals surface area (Å²) in [5.41, 5.74) is 3.25. The highest BCUT2D eigenvalue weighted by atomic mass is 32.1. The summed E-state index contributed by atoms with van der Waals surface area (Å²) in [5, 5.41) is 6.59. The van der Waals surface area contributed by atoms with Crippen molar-refractivity contribution in [3.63, 3.8) is 0 Å². The number of aromatic amines is 1. The third-order valence-corrected chi connectivity index (χ3v) is 5.39. The van der Waals surface area contributed by atoms with Gasteiger partial charge in [-0.3, -0.25) is 14.7 Å². The molecule has 0 radical (unpaired) electrons. The zero-order chi connectivity index (χ0) is 18.7. The van der Waals surface area contributed by atoms with Crippen molar-refractivity contribution >= 4 is 17.2 Å². The van der Waals surface area contributed by atoms with E-state index in [4.69, 9.17) is 0 Å². The standard InChI is InChI=1S/C19H22N4O2S/c1-12-14(3)26-19(21-12)23-18(25)16(13(2)22-23)9-10-17(24)20-11-15-7-5-4-6-8-15/h4-8,22H,9-11H2,1-3H3,(H,20,24). The summed E-state index contributed by atoms with van der Waals surface area (Å²) in [5.74, 6) is -0.0682. The van der Waals surface area contributed by atoms with Gasteiger partial charge in [0.1, 0.15) is 0 Å². The molecule has 6 nitrogen and oxygen atoms in total. The number of aromatic nitrogens is 3. The quantitative estimate of drug-likeness (QED) is 0.700. The molecule has 136 valence electrons. The van der Waals surface area contributed by atoms with Gasteiger partial charge in [0.25, 0.3) is 5.56 Å². The Bertz CT molecular complexity index is 950. The number of aryl methyl sites for hydroxylation is 3. The number of hydrogen-bond acceptors (Lipinski definition) is 4. The summed E-state index contributed by atoms with van der Waals surface area (Å²) < 4.78 is 1.47. The second-order valence-electron chi connectivity index (χ2n) is 6.26. The summed E-state index contributed by atoms with van der Waals surface area (Å²) >= 11 is 1.48. The minimum Gasteiger partial charge on any atom is -0.352 e. The Labute approximate surface area is 155 Å². The van der Waals surface area contributed by atoms with Gasteiger partial charge in [-0.25, -0.2) is 4.98 Å². The number of carbonyl (C=O) groups excluding carboxylic acids is 1. The zero-order valence-electron chi connectivity index (χ0n) is 15.1. The highest BCUT2D eigenvalue weighted by molar-refractivity contribution is 7.14. The number of rotatable bonds is 6. The van der Waals surface area contributed by atoms with Crippen LogP contribution in [-0.4, -0.2) is 20.7 Å². The van der Waals surface area contributed by atoms with Gasteiger partial charge in [-0.05, 0) is 32.8 Å². The number of hydrogen-bond donors (Lipinski definition) is 2. The van der Waals surface area contributed by atoms with E-state index < -0.39 is 0 Å². The van der Waals surface area contributed by atoms with E-state index in [2.05, 4.69) is 15.4 Å². The molecule has 2 heterocycles. The van der Waals surface area contributed by atoms with Crippen molar-refractivity contribution in [2.24, 2.45) is 0 Å². The Morgan fingerprint density at radius 2 is 1.96 bits per heavy atom. The van der Waals surface area contributed by atoms with Gasteiger partial charge in [-0.1, -0.05) is 41.7 Å². The van der Waals surface area contributed by atoms with Gasteiger partial charge < -0.3 is 5.32 Å². The second kappa shape index (κ2) is 7.70. The lowest BCUT2D eigenvalue weighted by Crippen LogP contribution is -2.24. The van der Waals surface area contributed by atoms with Gasteiger partial charge in [-0.2, -0.15) is 4.68 Å². The predicted octanol–water partition coefficient (Wildman–Crippen LogP) is 2.80. The average Bonchev–Trinajstić information content (AvgIpc) is 3.11. The fourth-order valence-corrected chi connectivity index (χ4v) is 3.55. The van der Waals surface area contributed by atoms with Gasteiger partial charge in [0.05, 0.1) is 5.69 Å². The van der Waals surface area contributed by atoms with Crippen molar-refractivity contribution in [2.75, 3.05) is 0 Å². The monoisotopic (exact) mass is 370 g/mol. The molecule has 26 heavy (non-hydrogen) atoms. The van der Waals surface area contributed by atoms with E-state index in [1.54, 1.807) is 0 Å². The Morgan fingerprint density at radius 1 is 1.23 bits per heavy atom. The normalized spacial score (nSPS) is 10.9. The van der Waals surface area contributed by atoms with E-state index in [0.717, 1.165) is 21.8 Å². The average molecular weight is 370 g/mol. The molecule has 3 aromatic rings. The van der Waals surface area contributed by atoms with Crippen molar-refractivity contribution in [1.29, 1.82) is 0 Å². The van der Waals surface area contributed by atoms with Gasteiger partial charge in [0.15, 0.2) is 0 Å². The molecule has 0 fully saturated rings. The van der Waals surface area contributed by atoms with E-state index in [-0.39, 0.29) is 17.9 Å². The first-order valence-corrected chi connectivity index (χ1v) is 9.33. The molecule has 0 bridgehead atoms. The lowest BCUT2D eigenvalue weighted by molar-refractivity contribution is -0.121. The molecular formula is C19H22N4O2S. The summed E-state index contributed by atoms with van der Waals surface area (Å²) in [6, 6.07) is 9.75. The Morgan fingerprint density at radius 3 is 2.62 bits per heavy atom. The molecule has 0 saturated carbocycles. The topological polar surface area (TPSA) is 79.8 Å². The molecule has 0 spiro atoms. The summed E-state index contributed by atoms with van der Waals surface area (Å²) in [7, 11) is 0. The first kappa shape index (κ1) is 18.1. The third-order valence-electron chi connectivity index (χ3n) is 4.34. The minimum absolute atomic E-state index is 0.0682. The van der Waals surface area contributed by atoms with Crippen LogP contribution in [0.15, 0.2) is 35.1 Å². The molecule has 0 aliphatic rings. The molecule has 0 unspecified atom stereocenters. The molecule has 2 aromatic heterocycles. The van der Waals surface area contributed by atoms with Crippen molar-refractivity contribution < 1.29 is 4.79 Å². The maximum Gasteiger partial charge on any atom is 0.276 e. The van der Waals surface area contributed by atoms with Crippen LogP contribution in [-0.2, 0) is 17.8 Å². The number of amides is 1. The predicted molar refractivity (Wildman–Crippen MR) is 103 cm³/mol. The van der Waals surface area contributed by atoms with Gasteiger partial charge in [0, 0.05) is 29.1 Å². The molecule has 2 N–H and O–H groups in total. The largest absolute Gasteiger partial charge is 0.352 e. The summed E-state index contributed by atoms with van der Waals surface area (Å²) in [6.07, 6.45) is 0.675. The summed E-state index contributed by atoms with van der Waals surface area (Å²) in [6.45, 7) is 6.25. The molecular weight excluding hydrogens is 348 g/mol. The molecule has 3 rings (SSSR count). The minimum atomic E-state index is -0.132. The van der Waals surface area contributed by atoms with E-state index >= 15 is 0 Å². The third kappa shape index (κ3) is 3.94. The number of thiazole rings is 1. The van der Waals surface area contributed by atoms with Gasteiger partial charge in [0.2, 0.25) is 11.0 Å². The number of H-pyrrole nitrogens is 1. The molecule has 0 saturated heterocycles. The Balaban J connectivity index is 1.65. The fraction of sp³-hybridized carbons (Fsp3) is 0.316. The van der Waals surface area contributed by atoms with Crippen LogP contribution in [0, 0.1) is 20.8 Å².